The molecule has 0 heterocycles. The average molecular weight is 202 g/mol. The van der Waals surface area contributed by atoms with Gasteiger partial charge in [-0.1, -0.05) is 24.3 Å². The number of hydrogen-bond donors (Lipinski definition) is 0. The molecule has 0 saturated heterocycles. The van der Waals surface area contributed by atoms with Crippen LogP contribution in [0.4, 0.5) is 0 Å². The zero-order valence-corrected chi connectivity index (χ0v) is 9.20. The molecule has 0 N–H and O–H groups in total. The van der Waals surface area contributed by atoms with Gasteiger partial charge in [0.1, 0.15) is 11.5 Å². The Hall–Kier alpha value is -1.70. The lowest BCUT2D eigenvalue weighted by molar-refractivity contribution is 0.408. The minimum absolute atomic E-state index is 0.892. The Labute approximate surface area is 89.4 Å². The summed E-state index contributed by atoms with van der Waals surface area (Å²) in [6.45, 7) is 2.02. The zero-order valence-electron chi connectivity index (χ0n) is 9.20. The van der Waals surface area contributed by atoms with Crippen LogP contribution in [0.5, 0.6) is 11.5 Å². The van der Waals surface area contributed by atoms with E-state index in [9.17, 15) is 0 Å². The van der Waals surface area contributed by atoms with E-state index in [1.165, 1.54) is 0 Å². The SMILES string of the molecule is COc1cc(C)c(OC)c2ccccc12. The van der Waals surface area contributed by atoms with E-state index in [-0.39, 0.29) is 0 Å². The molecule has 2 nitrogen and oxygen atoms in total. The van der Waals surface area contributed by atoms with Crippen molar-refractivity contribution in [1.29, 1.82) is 0 Å². The van der Waals surface area contributed by atoms with Crippen molar-refractivity contribution in [2.45, 2.75) is 6.92 Å². The number of rotatable bonds is 2. The number of ether oxygens (including phenoxy) is 2. The highest BCUT2D eigenvalue weighted by molar-refractivity contribution is 5.94. The summed E-state index contributed by atoms with van der Waals surface area (Å²) in [4.78, 5) is 0. The first-order chi connectivity index (χ1) is 7.27. The summed E-state index contributed by atoms with van der Waals surface area (Å²) in [7, 11) is 3.38. The third-order valence-corrected chi connectivity index (χ3v) is 2.57. The zero-order chi connectivity index (χ0) is 10.8. The third kappa shape index (κ3) is 1.52. The monoisotopic (exact) mass is 202 g/mol. The highest BCUT2D eigenvalue weighted by Crippen LogP contribution is 2.35. The van der Waals surface area contributed by atoms with E-state index in [2.05, 4.69) is 0 Å². The van der Waals surface area contributed by atoms with Crippen molar-refractivity contribution < 1.29 is 9.47 Å². The fourth-order valence-electron chi connectivity index (χ4n) is 1.89. The number of hydrogen-bond acceptors (Lipinski definition) is 2. The van der Waals surface area contributed by atoms with Crippen LogP contribution in [-0.2, 0) is 0 Å². The Morgan fingerprint density at radius 1 is 0.933 bits per heavy atom. The van der Waals surface area contributed by atoms with E-state index in [0.29, 0.717) is 0 Å². The maximum Gasteiger partial charge on any atom is 0.129 e. The second-order valence-electron chi connectivity index (χ2n) is 3.47. The lowest BCUT2D eigenvalue weighted by Gasteiger charge is -2.12. The summed E-state index contributed by atoms with van der Waals surface area (Å²) >= 11 is 0. The summed E-state index contributed by atoms with van der Waals surface area (Å²) in [5, 5.41) is 2.18. The predicted octanol–water partition coefficient (Wildman–Crippen LogP) is 3.17. The molecule has 0 bridgehead atoms. The van der Waals surface area contributed by atoms with Gasteiger partial charge in [-0.25, -0.2) is 0 Å². The highest BCUT2D eigenvalue weighted by Gasteiger charge is 2.09. The minimum Gasteiger partial charge on any atom is -0.496 e. The number of aryl methyl sites for hydroxylation is 1. The average Bonchev–Trinajstić information content (AvgIpc) is 2.28. The van der Waals surface area contributed by atoms with Crippen LogP contribution in [0.15, 0.2) is 30.3 Å². The highest BCUT2D eigenvalue weighted by atomic mass is 16.5. The molecule has 0 amide bonds. The van der Waals surface area contributed by atoms with E-state index >= 15 is 0 Å². The fourth-order valence-corrected chi connectivity index (χ4v) is 1.89. The van der Waals surface area contributed by atoms with Crippen LogP contribution < -0.4 is 9.47 Å². The largest absolute Gasteiger partial charge is 0.496 e. The van der Waals surface area contributed by atoms with Crippen molar-refractivity contribution in [3.05, 3.63) is 35.9 Å². The maximum absolute atomic E-state index is 5.40. The van der Waals surface area contributed by atoms with E-state index in [0.717, 1.165) is 27.8 Å². The lowest BCUT2D eigenvalue weighted by Crippen LogP contribution is -1.92. The van der Waals surface area contributed by atoms with E-state index in [1.54, 1.807) is 14.2 Å². The first-order valence-electron chi connectivity index (χ1n) is 4.88. The summed E-state index contributed by atoms with van der Waals surface area (Å²) in [6.07, 6.45) is 0. The van der Waals surface area contributed by atoms with Crippen molar-refractivity contribution in [2.75, 3.05) is 14.2 Å². The molecule has 0 fully saturated rings. The summed E-state index contributed by atoms with van der Waals surface area (Å²) in [5.41, 5.74) is 1.09. The summed E-state index contributed by atoms with van der Waals surface area (Å²) in [6, 6.07) is 10.1. The molecule has 2 rings (SSSR count). The van der Waals surface area contributed by atoms with E-state index < -0.39 is 0 Å². The summed E-state index contributed by atoms with van der Waals surface area (Å²) < 4.78 is 10.8. The van der Waals surface area contributed by atoms with Gasteiger partial charge in [-0.05, 0) is 18.6 Å². The first-order valence-corrected chi connectivity index (χ1v) is 4.88. The Morgan fingerprint density at radius 3 is 2.20 bits per heavy atom. The first kappa shape index (κ1) is 9.84. The number of benzene rings is 2. The second kappa shape index (κ2) is 3.81. The van der Waals surface area contributed by atoms with Gasteiger partial charge in [0.05, 0.1) is 14.2 Å². The normalized spacial score (nSPS) is 10.3. The predicted molar refractivity (Wildman–Crippen MR) is 61.8 cm³/mol. The Balaban J connectivity index is 2.86. The van der Waals surface area contributed by atoms with Gasteiger partial charge in [0.15, 0.2) is 0 Å². The van der Waals surface area contributed by atoms with Crippen LogP contribution in [0.1, 0.15) is 5.56 Å². The molecule has 0 saturated carbocycles. The fraction of sp³-hybridized carbons (Fsp3) is 0.231. The molecule has 0 unspecified atom stereocenters. The lowest BCUT2D eigenvalue weighted by atomic mass is 10.0. The molecule has 2 heteroatoms. The van der Waals surface area contributed by atoms with Crippen molar-refractivity contribution in [2.24, 2.45) is 0 Å². The van der Waals surface area contributed by atoms with Crippen LogP contribution >= 0.6 is 0 Å². The van der Waals surface area contributed by atoms with Gasteiger partial charge >= 0.3 is 0 Å². The van der Waals surface area contributed by atoms with Gasteiger partial charge in [0.2, 0.25) is 0 Å². The molecule has 2 aromatic rings. The van der Waals surface area contributed by atoms with Crippen molar-refractivity contribution in [3.8, 4) is 11.5 Å². The van der Waals surface area contributed by atoms with Crippen LogP contribution in [0.3, 0.4) is 0 Å². The molecular formula is C13H14O2. The Bertz CT molecular complexity index is 489. The molecule has 0 spiro atoms. The van der Waals surface area contributed by atoms with Crippen molar-refractivity contribution in [1.82, 2.24) is 0 Å². The molecule has 15 heavy (non-hydrogen) atoms. The second-order valence-corrected chi connectivity index (χ2v) is 3.47. The van der Waals surface area contributed by atoms with Gasteiger partial charge in [-0.15, -0.1) is 0 Å². The molecule has 78 valence electrons. The maximum atomic E-state index is 5.40. The quantitative estimate of drug-likeness (QED) is 0.744. The molecule has 0 radical (unpaired) electrons. The molecule has 0 aliphatic carbocycles. The van der Waals surface area contributed by atoms with Crippen LogP contribution in [0, 0.1) is 6.92 Å². The Morgan fingerprint density at radius 2 is 1.60 bits per heavy atom. The number of fused-ring (bicyclic) bond motifs is 1. The van der Waals surface area contributed by atoms with Gasteiger partial charge in [-0.3, -0.25) is 0 Å². The van der Waals surface area contributed by atoms with Crippen LogP contribution in [-0.4, -0.2) is 14.2 Å². The summed E-state index contributed by atoms with van der Waals surface area (Å²) in [5.74, 6) is 1.82. The topological polar surface area (TPSA) is 18.5 Å². The van der Waals surface area contributed by atoms with Gasteiger partial charge in [-0.2, -0.15) is 0 Å². The van der Waals surface area contributed by atoms with Crippen molar-refractivity contribution >= 4 is 10.8 Å². The van der Waals surface area contributed by atoms with Crippen LogP contribution in [0.25, 0.3) is 10.8 Å². The van der Waals surface area contributed by atoms with E-state index in [1.807, 2.05) is 37.3 Å². The molecular weight excluding hydrogens is 188 g/mol. The number of methoxy groups -OCH3 is 2. The Kier molecular flexibility index (Phi) is 2.50. The minimum atomic E-state index is 0.892. The third-order valence-electron chi connectivity index (χ3n) is 2.57. The van der Waals surface area contributed by atoms with Gasteiger partial charge < -0.3 is 9.47 Å². The molecule has 0 aromatic heterocycles. The van der Waals surface area contributed by atoms with Crippen LogP contribution in [0.2, 0.25) is 0 Å². The van der Waals surface area contributed by atoms with E-state index in [4.69, 9.17) is 9.47 Å². The van der Waals surface area contributed by atoms with Gasteiger partial charge in [0.25, 0.3) is 0 Å². The van der Waals surface area contributed by atoms with Gasteiger partial charge in [0, 0.05) is 10.8 Å². The molecule has 0 aliphatic rings. The standard InChI is InChI=1S/C13H14O2/c1-9-8-12(14-2)10-6-4-5-7-11(10)13(9)15-3/h4-8H,1-3H3. The molecule has 2 aromatic carbocycles. The molecule has 0 atom stereocenters. The van der Waals surface area contributed by atoms with Crippen molar-refractivity contribution in [3.63, 3.8) is 0 Å². The smallest absolute Gasteiger partial charge is 0.129 e. The molecule has 0 aliphatic heterocycles.